The summed E-state index contributed by atoms with van der Waals surface area (Å²) in [6.07, 6.45) is -1.38. The monoisotopic (exact) mass is 203 g/mol. The van der Waals surface area contributed by atoms with Crippen LogP contribution in [0.3, 0.4) is 0 Å². The van der Waals surface area contributed by atoms with Gasteiger partial charge in [0, 0.05) is 13.0 Å². The molecular formula is C8H13NO5. The van der Waals surface area contributed by atoms with Crippen molar-refractivity contribution in [1.29, 1.82) is 0 Å². The first-order valence-electron chi connectivity index (χ1n) is 4.35. The fourth-order valence-corrected chi connectivity index (χ4v) is 1.24. The van der Waals surface area contributed by atoms with E-state index in [0.717, 1.165) is 0 Å². The molecule has 14 heavy (non-hydrogen) atoms. The van der Waals surface area contributed by atoms with E-state index in [4.69, 9.17) is 14.9 Å². The summed E-state index contributed by atoms with van der Waals surface area (Å²) < 4.78 is 4.84. The Bertz CT molecular complexity index is 240. The van der Waals surface area contributed by atoms with Gasteiger partial charge in [-0.25, -0.2) is 4.79 Å². The van der Waals surface area contributed by atoms with Gasteiger partial charge in [0.05, 0.1) is 0 Å². The van der Waals surface area contributed by atoms with Gasteiger partial charge in [-0.2, -0.15) is 0 Å². The molecule has 0 spiro atoms. The zero-order valence-electron chi connectivity index (χ0n) is 7.77. The summed E-state index contributed by atoms with van der Waals surface area (Å²) in [7, 11) is 0. The molecule has 0 aromatic rings. The second-order valence-electron chi connectivity index (χ2n) is 3.27. The van der Waals surface area contributed by atoms with Crippen LogP contribution in [0.25, 0.3) is 0 Å². The van der Waals surface area contributed by atoms with Gasteiger partial charge in [-0.05, 0) is 6.92 Å². The molecule has 3 atom stereocenters. The number of carbonyl (C=O) groups is 2. The number of carbonyl (C=O) groups excluding carboxylic acids is 1. The van der Waals surface area contributed by atoms with E-state index in [9.17, 15) is 9.59 Å². The number of aliphatic carboxylic acids is 1. The molecule has 1 unspecified atom stereocenters. The maximum atomic E-state index is 10.9. The average Bonchev–Trinajstić information content (AvgIpc) is 2.52. The first kappa shape index (κ1) is 10.9. The number of hydrogen-bond donors (Lipinski definition) is 3. The standard InChI is InChI=1S/C8H13NO5/c1-4(10)8(13)14-5-2-6(7(11)12)9-3-5/h4-6,9-10H,2-3H2,1H3,(H,11,12)/t4?,5-,6+/m1/s1. The molecule has 0 radical (unpaired) electrons. The molecular weight excluding hydrogens is 190 g/mol. The summed E-state index contributed by atoms with van der Waals surface area (Å²) >= 11 is 0. The van der Waals surface area contributed by atoms with Crippen LogP contribution in [0.1, 0.15) is 13.3 Å². The molecule has 0 aliphatic carbocycles. The van der Waals surface area contributed by atoms with Crippen molar-refractivity contribution in [3.05, 3.63) is 0 Å². The molecule has 1 heterocycles. The molecule has 1 rings (SSSR count). The van der Waals surface area contributed by atoms with Crippen LogP contribution in [0.4, 0.5) is 0 Å². The fourth-order valence-electron chi connectivity index (χ4n) is 1.24. The van der Waals surface area contributed by atoms with Crippen LogP contribution in [-0.4, -0.2) is 46.9 Å². The van der Waals surface area contributed by atoms with E-state index in [-0.39, 0.29) is 6.42 Å². The van der Waals surface area contributed by atoms with E-state index in [1.165, 1.54) is 6.92 Å². The number of aliphatic hydroxyl groups is 1. The van der Waals surface area contributed by atoms with Crippen LogP contribution in [0.15, 0.2) is 0 Å². The van der Waals surface area contributed by atoms with Crippen LogP contribution in [0, 0.1) is 0 Å². The third-order valence-electron chi connectivity index (χ3n) is 2.01. The van der Waals surface area contributed by atoms with Gasteiger partial charge < -0.3 is 20.3 Å². The lowest BCUT2D eigenvalue weighted by Gasteiger charge is -2.11. The number of nitrogens with one attached hydrogen (secondary N) is 1. The Hall–Kier alpha value is -1.14. The SMILES string of the molecule is CC(O)C(=O)O[C@H]1CN[C@H](C(=O)O)C1. The van der Waals surface area contributed by atoms with Crippen molar-refractivity contribution in [2.45, 2.75) is 31.6 Å². The summed E-state index contributed by atoms with van der Waals surface area (Å²) in [6, 6.07) is -0.665. The maximum Gasteiger partial charge on any atom is 0.334 e. The number of esters is 1. The zero-order valence-corrected chi connectivity index (χ0v) is 7.77. The highest BCUT2D eigenvalue weighted by molar-refractivity contribution is 5.75. The highest BCUT2D eigenvalue weighted by atomic mass is 16.6. The first-order valence-corrected chi connectivity index (χ1v) is 4.35. The molecule has 1 aliphatic rings. The van der Waals surface area contributed by atoms with Gasteiger partial charge in [-0.3, -0.25) is 4.79 Å². The fraction of sp³-hybridized carbons (Fsp3) is 0.750. The first-order chi connectivity index (χ1) is 6.50. The highest BCUT2D eigenvalue weighted by Crippen LogP contribution is 2.11. The van der Waals surface area contributed by atoms with E-state index < -0.39 is 30.2 Å². The Kier molecular flexibility index (Phi) is 3.43. The normalized spacial score (nSPS) is 28.4. The van der Waals surface area contributed by atoms with Gasteiger partial charge in [0.15, 0.2) is 0 Å². The minimum Gasteiger partial charge on any atom is -0.480 e. The summed E-state index contributed by atoms with van der Waals surface area (Å²) in [5.74, 6) is -1.68. The summed E-state index contributed by atoms with van der Waals surface area (Å²) in [6.45, 7) is 1.62. The Labute approximate surface area is 80.9 Å². The van der Waals surface area contributed by atoms with Crippen LogP contribution < -0.4 is 5.32 Å². The van der Waals surface area contributed by atoms with Crippen LogP contribution in [-0.2, 0) is 14.3 Å². The van der Waals surface area contributed by atoms with Crippen molar-refractivity contribution in [3.63, 3.8) is 0 Å². The number of hydrogen-bond acceptors (Lipinski definition) is 5. The largest absolute Gasteiger partial charge is 0.480 e. The van der Waals surface area contributed by atoms with Crippen molar-refractivity contribution >= 4 is 11.9 Å². The van der Waals surface area contributed by atoms with E-state index in [0.29, 0.717) is 6.54 Å². The zero-order chi connectivity index (χ0) is 10.7. The van der Waals surface area contributed by atoms with Gasteiger partial charge in [0.2, 0.25) is 0 Å². The third kappa shape index (κ3) is 2.68. The van der Waals surface area contributed by atoms with E-state index in [1.54, 1.807) is 0 Å². The van der Waals surface area contributed by atoms with Crippen LogP contribution in [0.5, 0.6) is 0 Å². The highest BCUT2D eigenvalue weighted by Gasteiger charge is 2.32. The van der Waals surface area contributed by atoms with Crippen LogP contribution >= 0.6 is 0 Å². The molecule has 1 saturated heterocycles. The van der Waals surface area contributed by atoms with Gasteiger partial charge in [0.1, 0.15) is 18.2 Å². The lowest BCUT2D eigenvalue weighted by molar-refractivity contribution is -0.157. The predicted molar refractivity (Wildman–Crippen MR) is 45.6 cm³/mol. The molecule has 1 fully saturated rings. The second-order valence-corrected chi connectivity index (χ2v) is 3.27. The minimum absolute atomic E-state index is 0.244. The second kappa shape index (κ2) is 4.39. The van der Waals surface area contributed by atoms with Crippen molar-refractivity contribution in [2.24, 2.45) is 0 Å². The van der Waals surface area contributed by atoms with Crippen molar-refractivity contribution in [3.8, 4) is 0 Å². The number of ether oxygens (including phenoxy) is 1. The molecule has 0 aromatic heterocycles. The molecule has 0 aromatic carbocycles. The van der Waals surface area contributed by atoms with Gasteiger partial charge in [-0.1, -0.05) is 0 Å². The lowest BCUT2D eigenvalue weighted by atomic mass is 10.2. The van der Waals surface area contributed by atoms with Gasteiger partial charge in [-0.15, -0.1) is 0 Å². The molecule has 1 aliphatic heterocycles. The molecule has 3 N–H and O–H groups in total. The molecule has 6 heteroatoms. The van der Waals surface area contributed by atoms with E-state index >= 15 is 0 Å². The summed E-state index contributed by atoms with van der Waals surface area (Å²) in [4.78, 5) is 21.4. The van der Waals surface area contributed by atoms with Gasteiger partial charge >= 0.3 is 11.9 Å². The molecule has 6 nitrogen and oxygen atoms in total. The topological polar surface area (TPSA) is 95.9 Å². The minimum atomic E-state index is -1.17. The Balaban J connectivity index is 2.36. The Morgan fingerprint density at radius 1 is 1.57 bits per heavy atom. The number of rotatable bonds is 3. The van der Waals surface area contributed by atoms with Crippen molar-refractivity contribution in [2.75, 3.05) is 6.54 Å². The molecule has 0 saturated carbocycles. The van der Waals surface area contributed by atoms with E-state index in [2.05, 4.69) is 5.32 Å². The summed E-state index contributed by atoms with van der Waals surface area (Å²) in [5.41, 5.74) is 0. The number of carboxylic acid groups (broad SMARTS) is 1. The Morgan fingerprint density at radius 2 is 2.21 bits per heavy atom. The number of carboxylic acids is 1. The Morgan fingerprint density at radius 3 is 2.64 bits per heavy atom. The molecule has 80 valence electrons. The molecule has 0 bridgehead atoms. The van der Waals surface area contributed by atoms with Crippen LogP contribution in [0.2, 0.25) is 0 Å². The number of aliphatic hydroxyl groups excluding tert-OH is 1. The smallest absolute Gasteiger partial charge is 0.334 e. The van der Waals surface area contributed by atoms with Gasteiger partial charge in [0.25, 0.3) is 0 Å². The van der Waals surface area contributed by atoms with E-state index in [1.807, 2.05) is 0 Å². The quantitative estimate of drug-likeness (QED) is 0.495. The predicted octanol–water partition coefficient (Wildman–Crippen LogP) is -1.27. The lowest BCUT2D eigenvalue weighted by Crippen LogP contribution is -2.30. The molecule has 0 amide bonds. The third-order valence-corrected chi connectivity index (χ3v) is 2.01. The average molecular weight is 203 g/mol. The van der Waals surface area contributed by atoms with Crippen molar-refractivity contribution in [1.82, 2.24) is 5.32 Å². The summed E-state index contributed by atoms with van der Waals surface area (Å²) in [5, 5.41) is 20.2. The van der Waals surface area contributed by atoms with Crippen molar-refractivity contribution < 1.29 is 24.5 Å². The maximum absolute atomic E-state index is 10.9.